The minimum absolute atomic E-state index is 0.131. The zero-order valence-electron chi connectivity index (χ0n) is 13.6. The molecule has 2 aromatic rings. The number of nitrogens with one attached hydrogen (secondary N) is 1. The van der Waals surface area contributed by atoms with Crippen molar-refractivity contribution in [3.05, 3.63) is 52.6 Å². The molecule has 2 aromatic carbocycles. The summed E-state index contributed by atoms with van der Waals surface area (Å²) in [7, 11) is -2.02. The van der Waals surface area contributed by atoms with E-state index in [2.05, 4.69) is 5.32 Å². The first-order valence-electron chi connectivity index (χ1n) is 7.07. The highest BCUT2D eigenvalue weighted by atomic mass is 32.2. The van der Waals surface area contributed by atoms with Gasteiger partial charge in [0.05, 0.1) is 9.82 Å². The van der Waals surface area contributed by atoms with E-state index in [9.17, 15) is 31.7 Å². The predicted octanol–water partition coefficient (Wildman–Crippen LogP) is 3.70. The van der Waals surface area contributed by atoms with Gasteiger partial charge in [0.1, 0.15) is 5.69 Å². The number of nitro groups is 1. The Morgan fingerprint density at radius 2 is 1.65 bits per heavy atom. The number of sulfone groups is 1. The van der Waals surface area contributed by atoms with Crippen LogP contribution in [0.2, 0.25) is 0 Å². The van der Waals surface area contributed by atoms with Crippen molar-refractivity contribution in [2.75, 3.05) is 24.3 Å². The molecule has 0 unspecified atom stereocenters. The number of anilines is 3. The molecule has 0 aliphatic heterocycles. The fraction of sp³-hybridized carbons (Fsp3) is 0.200. The van der Waals surface area contributed by atoms with Gasteiger partial charge in [0, 0.05) is 31.5 Å². The molecule has 7 nitrogen and oxygen atoms in total. The Hall–Kier alpha value is -2.82. The summed E-state index contributed by atoms with van der Waals surface area (Å²) >= 11 is 0. The summed E-state index contributed by atoms with van der Waals surface area (Å²) in [5, 5.41) is 13.9. The van der Waals surface area contributed by atoms with E-state index in [1.165, 1.54) is 0 Å². The van der Waals surface area contributed by atoms with Gasteiger partial charge in [-0.05, 0) is 36.4 Å². The van der Waals surface area contributed by atoms with Crippen molar-refractivity contribution in [1.29, 1.82) is 0 Å². The Balaban J connectivity index is 2.43. The van der Waals surface area contributed by atoms with Crippen LogP contribution in [0.5, 0.6) is 0 Å². The first kappa shape index (κ1) is 19.5. The van der Waals surface area contributed by atoms with Crippen LogP contribution in [0, 0.1) is 10.1 Å². The maximum atomic E-state index is 12.6. The Labute approximate surface area is 147 Å². The van der Waals surface area contributed by atoms with Gasteiger partial charge in [-0.3, -0.25) is 10.1 Å². The number of rotatable bonds is 5. The number of nitrogens with zero attached hydrogens (tertiary/aromatic N) is 2. The van der Waals surface area contributed by atoms with Crippen LogP contribution < -0.4 is 10.2 Å². The van der Waals surface area contributed by atoms with E-state index in [4.69, 9.17) is 0 Å². The Kier molecular flexibility index (Phi) is 5.12. The minimum atomic E-state index is -5.67. The summed E-state index contributed by atoms with van der Waals surface area (Å²) in [6.45, 7) is 0. The Morgan fingerprint density at radius 3 is 2.12 bits per heavy atom. The molecule has 0 aromatic heterocycles. The third kappa shape index (κ3) is 3.87. The summed E-state index contributed by atoms with van der Waals surface area (Å²) in [5.74, 6) is 0. The van der Waals surface area contributed by atoms with Crippen LogP contribution in [0.4, 0.5) is 35.9 Å². The molecule has 0 radical (unpaired) electrons. The number of hydrogen-bond acceptors (Lipinski definition) is 6. The molecular formula is C15H14F3N3O4S. The van der Waals surface area contributed by atoms with Gasteiger partial charge >= 0.3 is 5.51 Å². The number of benzene rings is 2. The SMILES string of the molecule is CN(C)c1ccc(Nc2ccc(S(=O)(=O)C(F)(F)F)cc2[N+](=O)[O-])cc1. The summed E-state index contributed by atoms with van der Waals surface area (Å²) in [6.07, 6.45) is 0. The maximum Gasteiger partial charge on any atom is 0.501 e. The molecule has 0 fully saturated rings. The number of nitro benzene ring substituents is 1. The highest BCUT2D eigenvalue weighted by Crippen LogP contribution is 2.35. The monoisotopic (exact) mass is 389 g/mol. The largest absolute Gasteiger partial charge is 0.501 e. The first-order valence-corrected chi connectivity index (χ1v) is 8.56. The van der Waals surface area contributed by atoms with Crippen molar-refractivity contribution in [3.63, 3.8) is 0 Å². The predicted molar refractivity (Wildman–Crippen MR) is 90.4 cm³/mol. The van der Waals surface area contributed by atoms with E-state index < -0.39 is 30.9 Å². The van der Waals surface area contributed by atoms with Gasteiger partial charge in [-0.1, -0.05) is 0 Å². The molecule has 0 amide bonds. The number of hydrogen-bond donors (Lipinski definition) is 1. The molecule has 2 rings (SSSR count). The van der Waals surface area contributed by atoms with E-state index in [1.54, 1.807) is 24.3 Å². The highest BCUT2D eigenvalue weighted by molar-refractivity contribution is 7.92. The van der Waals surface area contributed by atoms with Crippen molar-refractivity contribution >= 4 is 32.6 Å². The normalized spacial score (nSPS) is 11.9. The summed E-state index contributed by atoms with van der Waals surface area (Å²) < 4.78 is 60.7. The van der Waals surface area contributed by atoms with E-state index in [0.717, 1.165) is 11.8 Å². The molecule has 26 heavy (non-hydrogen) atoms. The van der Waals surface area contributed by atoms with E-state index in [-0.39, 0.29) is 5.69 Å². The third-order valence-corrected chi connectivity index (χ3v) is 4.93. The third-order valence-electron chi connectivity index (χ3n) is 3.44. The Bertz CT molecular complexity index is 926. The van der Waals surface area contributed by atoms with Gasteiger partial charge in [-0.25, -0.2) is 8.42 Å². The lowest BCUT2D eigenvalue weighted by atomic mass is 10.2. The second-order valence-corrected chi connectivity index (χ2v) is 7.39. The van der Waals surface area contributed by atoms with Crippen molar-refractivity contribution in [2.24, 2.45) is 0 Å². The smallest absolute Gasteiger partial charge is 0.378 e. The van der Waals surface area contributed by atoms with Gasteiger partial charge in [-0.15, -0.1) is 0 Å². The number of alkyl halides is 3. The quantitative estimate of drug-likeness (QED) is 0.619. The topological polar surface area (TPSA) is 92.6 Å². The highest BCUT2D eigenvalue weighted by Gasteiger charge is 2.47. The second-order valence-electron chi connectivity index (χ2n) is 5.45. The molecule has 140 valence electrons. The molecule has 0 spiro atoms. The molecule has 0 bridgehead atoms. The maximum absolute atomic E-state index is 12.6. The van der Waals surface area contributed by atoms with Crippen LogP contribution in [0.3, 0.4) is 0 Å². The lowest BCUT2D eigenvalue weighted by Gasteiger charge is -2.14. The van der Waals surface area contributed by atoms with Crippen molar-refractivity contribution < 1.29 is 26.5 Å². The fourth-order valence-corrected chi connectivity index (χ4v) is 2.85. The standard InChI is InChI=1S/C15H14F3N3O4S/c1-20(2)11-5-3-10(4-6-11)19-13-8-7-12(9-14(13)21(22)23)26(24,25)15(16,17)18/h3-9,19H,1-2H3. The van der Waals surface area contributed by atoms with Crippen LogP contribution in [0.25, 0.3) is 0 Å². The zero-order chi connectivity index (χ0) is 19.7. The molecule has 0 aliphatic rings. The molecule has 0 heterocycles. The van der Waals surface area contributed by atoms with Gasteiger partial charge < -0.3 is 10.2 Å². The van der Waals surface area contributed by atoms with Crippen LogP contribution in [-0.2, 0) is 9.84 Å². The van der Waals surface area contributed by atoms with Crippen molar-refractivity contribution in [3.8, 4) is 0 Å². The zero-order valence-corrected chi connectivity index (χ0v) is 14.4. The summed E-state index contributed by atoms with van der Waals surface area (Å²) in [5.41, 5.74) is -5.14. The summed E-state index contributed by atoms with van der Waals surface area (Å²) in [6, 6.07) is 8.70. The van der Waals surface area contributed by atoms with Crippen LogP contribution in [0.1, 0.15) is 0 Å². The molecular weight excluding hydrogens is 375 g/mol. The second kappa shape index (κ2) is 6.83. The molecule has 0 atom stereocenters. The van der Waals surface area contributed by atoms with Crippen LogP contribution in [-0.4, -0.2) is 32.9 Å². The Morgan fingerprint density at radius 1 is 1.08 bits per heavy atom. The molecule has 1 N–H and O–H groups in total. The van der Waals surface area contributed by atoms with Crippen molar-refractivity contribution in [1.82, 2.24) is 0 Å². The van der Waals surface area contributed by atoms with Gasteiger partial charge in [0.25, 0.3) is 15.5 Å². The lowest BCUT2D eigenvalue weighted by molar-refractivity contribution is -0.384. The average Bonchev–Trinajstić information content (AvgIpc) is 2.54. The fourth-order valence-electron chi connectivity index (χ4n) is 2.07. The van der Waals surface area contributed by atoms with Crippen molar-refractivity contribution in [2.45, 2.75) is 10.4 Å². The van der Waals surface area contributed by atoms with Crippen LogP contribution in [0.15, 0.2) is 47.4 Å². The van der Waals surface area contributed by atoms with E-state index in [0.29, 0.717) is 17.8 Å². The molecule has 0 saturated carbocycles. The molecule has 0 aliphatic carbocycles. The number of halogens is 3. The van der Waals surface area contributed by atoms with Gasteiger partial charge in [0.2, 0.25) is 0 Å². The first-order chi connectivity index (χ1) is 11.9. The molecule has 11 heteroatoms. The van der Waals surface area contributed by atoms with E-state index >= 15 is 0 Å². The van der Waals surface area contributed by atoms with Gasteiger partial charge in [0.15, 0.2) is 0 Å². The molecule has 0 saturated heterocycles. The van der Waals surface area contributed by atoms with Crippen LogP contribution >= 0.6 is 0 Å². The lowest BCUT2D eigenvalue weighted by Crippen LogP contribution is -2.23. The minimum Gasteiger partial charge on any atom is -0.378 e. The van der Waals surface area contributed by atoms with Gasteiger partial charge in [-0.2, -0.15) is 13.2 Å². The average molecular weight is 389 g/mol. The summed E-state index contributed by atoms with van der Waals surface area (Å²) in [4.78, 5) is 10.9. The van der Waals surface area contributed by atoms with E-state index in [1.807, 2.05) is 19.0 Å².